The molecule has 1 atom stereocenters. The summed E-state index contributed by atoms with van der Waals surface area (Å²) in [4.78, 5) is 25.2. The van der Waals surface area contributed by atoms with Gasteiger partial charge in [-0.1, -0.05) is 55.8 Å². The molecule has 164 valence electrons. The summed E-state index contributed by atoms with van der Waals surface area (Å²) in [6.45, 7) is 2.36. The summed E-state index contributed by atoms with van der Waals surface area (Å²) in [7, 11) is 2.89. The van der Waals surface area contributed by atoms with Crippen molar-refractivity contribution < 1.29 is 23.8 Å². The van der Waals surface area contributed by atoms with E-state index in [4.69, 9.17) is 14.2 Å². The van der Waals surface area contributed by atoms with Gasteiger partial charge in [-0.2, -0.15) is 0 Å². The first-order chi connectivity index (χ1) is 15.1. The molecule has 0 aromatic heterocycles. The van der Waals surface area contributed by atoms with Crippen LogP contribution in [0.15, 0.2) is 59.8 Å². The van der Waals surface area contributed by atoms with Crippen molar-refractivity contribution in [1.29, 1.82) is 0 Å². The Morgan fingerprint density at radius 1 is 1.06 bits per heavy atom. The van der Waals surface area contributed by atoms with Gasteiger partial charge >= 0.3 is 12.0 Å². The second-order valence-electron chi connectivity index (χ2n) is 7.17. The lowest BCUT2D eigenvalue weighted by Gasteiger charge is -2.30. The molecule has 2 amide bonds. The van der Waals surface area contributed by atoms with Gasteiger partial charge in [0.05, 0.1) is 25.8 Å². The SMILES string of the molecule is CCCCC1=C(C(=O)OC)C(c2cccc(OC)c2OCc2ccccc2)NC(=O)N1. The molecule has 2 aromatic rings. The number of nitrogens with one attached hydrogen (secondary N) is 2. The molecule has 2 aromatic carbocycles. The van der Waals surface area contributed by atoms with Gasteiger partial charge < -0.3 is 24.8 Å². The quantitative estimate of drug-likeness (QED) is 0.588. The summed E-state index contributed by atoms with van der Waals surface area (Å²) >= 11 is 0. The van der Waals surface area contributed by atoms with Crippen molar-refractivity contribution in [2.75, 3.05) is 14.2 Å². The van der Waals surface area contributed by atoms with Crippen LogP contribution in [0.2, 0.25) is 0 Å². The lowest BCUT2D eigenvalue weighted by Crippen LogP contribution is -2.46. The summed E-state index contributed by atoms with van der Waals surface area (Å²) < 4.78 is 16.7. The van der Waals surface area contributed by atoms with Crippen molar-refractivity contribution in [1.82, 2.24) is 10.6 Å². The van der Waals surface area contributed by atoms with E-state index >= 15 is 0 Å². The van der Waals surface area contributed by atoms with Gasteiger partial charge in [0.2, 0.25) is 0 Å². The number of urea groups is 1. The monoisotopic (exact) mass is 424 g/mol. The van der Waals surface area contributed by atoms with E-state index in [1.165, 1.54) is 7.11 Å². The Hall–Kier alpha value is -3.48. The lowest BCUT2D eigenvalue weighted by atomic mass is 9.92. The normalized spacial score (nSPS) is 15.7. The minimum Gasteiger partial charge on any atom is -0.493 e. The molecular formula is C24H28N2O5. The van der Waals surface area contributed by atoms with Crippen molar-refractivity contribution in [2.45, 2.75) is 38.8 Å². The van der Waals surface area contributed by atoms with Crippen LogP contribution in [-0.4, -0.2) is 26.2 Å². The third kappa shape index (κ3) is 5.17. The fourth-order valence-electron chi connectivity index (χ4n) is 3.56. The Morgan fingerprint density at radius 2 is 1.84 bits per heavy atom. The number of hydrogen-bond donors (Lipinski definition) is 2. The molecule has 0 aliphatic carbocycles. The number of benzene rings is 2. The largest absolute Gasteiger partial charge is 0.493 e. The maximum Gasteiger partial charge on any atom is 0.337 e. The Morgan fingerprint density at radius 3 is 2.52 bits per heavy atom. The molecule has 0 spiro atoms. The van der Waals surface area contributed by atoms with Crippen molar-refractivity contribution >= 4 is 12.0 Å². The van der Waals surface area contributed by atoms with Crippen LogP contribution in [0.25, 0.3) is 0 Å². The summed E-state index contributed by atoms with van der Waals surface area (Å²) in [6.07, 6.45) is 2.32. The molecule has 0 radical (unpaired) electrons. The van der Waals surface area contributed by atoms with E-state index in [9.17, 15) is 9.59 Å². The van der Waals surface area contributed by atoms with E-state index in [1.807, 2.05) is 36.4 Å². The van der Waals surface area contributed by atoms with Crippen molar-refractivity contribution in [3.05, 3.63) is 70.9 Å². The molecule has 0 saturated heterocycles. The van der Waals surface area contributed by atoms with Crippen molar-refractivity contribution in [3.8, 4) is 11.5 Å². The highest BCUT2D eigenvalue weighted by Gasteiger charge is 2.35. The Kier molecular flexibility index (Phi) is 7.54. The smallest absolute Gasteiger partial charge is 0.337 e. The highest BCUT2D eigenvalue weighted by atomic mass is 16.5. The van der Waals surface area contributed by atoms with Crippen LogP contribution in [0.1, 0.15) is 43.4 Å². The van der Waals surface area contributed by atoms with E-state index in [0.717, 1.165) is 18.4 Å². The first-order valence-corrected chi connectivity index (χ1v) is 10.3. The fourth-order valence-corrected chi connectivity index (χ4v) is 3.56. The van der Waals surface area contributed by atoms with Gasteiger partial charge in [0.15, 0.2) is 11.5 Å². The summed E-state index contributed by atoms with van der Waals surface area (Å²) in [5.74, 6) is 0.485. The van der Waals surface area contributed by atoms with Gasteiger partial charge in [0.25, 0.3) is 0 Å². The zero-order valence-corrected chi connectivity index (χ0v) is 18.1. The number of rotatable bonds is 9. The third-order valence-corrected chi connectivity index (χ3v) is 5.11. The highest BCUT2D eigenvalue weighted by molar-refractivity contribution is 5.95. The number of unbranched alkanes of at least 4 members (excludes halogenated alkanes) is 1. The predicted molar refractivity (Wildman–Crippen MR) is 117 cm³/mol. The Balaban J connectivity index is 2.05. The van der Waals surface area contributed by atoms with Crippen LogP contribution in [-0.2, 0) is 16.1 Å². The minimum absolute atomic E-state index is 0.313. The standard InChI is InChI=1S/C24H28N2O5/c1-4-5-13-18-20(23(27)30-3)21(26-24(28)25-18)17-12-9-14-19(29-2)22(17)31-15-16-10-7-6-8-11-16/h6-12,14,21H,4-5,13,15H2,1-3H3,(H2,25,26,28). The van der Waals surface area contributed by atoms with E-state index in [0.29, 0.717) is 41.4 Å². The van der Waals surface area contributed by atoms with Crippen LogP contribution in [0.5, 0.6) is 11.5 Å². The molecule has 2 N–H and O–H groups in total. The van der Waals surface area contributed by atoms with Gasteiger partial charge in [0.1, 0.15) is 6.61 Å². The van der Waals surface area contributed by atoms with Gasteiger partial charge in [-0.25, -0.2) is 9.59 Å². The molecular weight excluding hydrogens is 396 g/mol. The first kappa shape index (κ1) is 22.2. The Labute approximate surface area is 182 Å². The summed E-state index contributed by atoms with van der Waals surface area (Å²) in [5, 5.41) is 5.63. The Bertz CT molecular complexity index is 956. The van der Waals surface area contributed by atoms with E-state index < -0.39 is 12.0 Å². The molecule has 3 rings (SSSR count). The second kappa shape index (κ2) is 10.5. The molecule has 0 bridgehead atoms. The summed E-state index contributed by atoms with van der Waals surface area (Å²) in [6, 6.07) is 14.0. The topological polar surface area (TPSA) is 85.9 Å². The average molecular weight is 424 g/mol. The zero-order valence-electron chi connectivity index (χ0n) is 18.1. The number of ether oxygens (including phenoxy) is 3. The van der Waals surface area contributed by atoms with Crippen LogP contribution in [0.4, 0.5) is 4.79 Å². The van der Waals surface area contributed by atoms with Gasteiger partial charge in [-0.15, -0.1) is 0 Å². The molecule has 0 fully saturated rings. The lowest BCUT2D eigenvalue weighted by molar-refractivity contribution is -0.136. The van der Waals surface area contributed by atoms with E-state index in [2.05, 4.69) is 17.6 Å². The maximum absolute atomic E-state index is 12.7. The second-order valence-corrected chi connectivity index (χ2v) is 7.17. The number of carbonyl (C=O) groups is 2. The van der Waals surface area contributed by atoms with Crippen LogP contribution in [0, 0.1) is 0 Å². The number of allylic oxidation sites excluding steroid dienone is 1. The molecule has 0 saturated carbocycles. The van der Waals surface area contributed by atoms with Gasteiger partial charge in [0, 0.05) is 11.3 Å². The number of hydrogen-bond acceptors (Lipinski definition) is 5. The number of carbonyl (C=O) groups excluding carboxylic acids is 2. The number of esters is 1. The minimum atomic E-state index is -0.728. The highest BCUT2D eigenvalue weighted by Crippen LogP contribution is 2.40. The predicted octanol–water partition coefficient (Wildman–Crippen LogP) is 4.25. The average Bonchev–Trinajstić information content (AvgIpc) is 2.80. The van der Waals surface area contributed by atoms with Crippen molar-refractivity contribution in [2.24, 2.45) is 0 Å². The number of methoxy groups -OCH3 is 2. The molecule has 1 aliphatic heterocycles. The van der Waals surface area contributed by atoms with Crippen LogP contribution >= 0.6 is 0 Å². The maximum atomic E-state index is 12.7. The molecule has 1 heterocycles. The van der Waals surface area contributed by atoms with Gasteiger partial charge in [-0.3, -0.25) is 0 Å². The van der Waals surface area contributed by atoms with Crippen LogP contribution in [0.3, 0.4) is 0 Å². The molecule has 7 nitrogen and oxygen atoms in total. The van der Waals surface area contributed by atoms with Gasteiger partial charge in [-0.05, 0) is 24.5 Å². The van der Waals surface area contributed by atoms with E-state index in [-0.39, 0.29) is 6.03 Å². The molecule has 1 aliphatic rings. The molecule has 1 unspecified atom stereocenters. The zero-order chi connectivity index (χ0) is 22.2. The first-order valence-electron chi connectivity index (χ1n) is 10.3. The van der Waals surface area contributed by atoms with E-state index in [1.54, 1.807) is 19.2 Å². The van der Waals surface area contributed by atoms with Crippen molar-refractivity contribution in [3.63, 3.8) is 0 Å². The molecule has 31 heavy (non-hydrogen) atoms. The fraction of sp³-hybridized carbons (Fsp3) is 0.333. The molecule has 7 heteroatoms. The third-order valence-electron chi connectivity index (χ3n) is 5.11. The number of amides is 2. The number of para-hydroxylation sites is 1. The summed E-state index contributed by atoms with van der Waals surface area (Å²) in [5.41, 5.74) is 2.55. The van der Waals surface area contributed by atoms with Crippen LogP contribution < -0.4 is 20.1 Å².